The van der Waals surface area contributed by atoms with E-state index in [0.717, 1.165) is 5.56 Å². The lowest BCUT2D eigenvalue weighted by Gasteiger charge is -2.12. The Morgan fingerprint density at radius 2 is 2.17 bits per heavy atom. The van der Waals surface area contributed by atoms with Crippen LogP contribution >= 0.6 is 23.2 Å². The van der Waals surface area contributed by atoms with Crippen LogP contribution in [0.1, 0.15) is 10.4 Å². The molecule has 3 nitrogen and oxygen atoms in total. The third kappa shape index (κ3) is 2.47. The highest BCUT2D eigenvalue weighted by Gasteiger charge is 2.17. The molecule has 92 valence electrons. The first-order chi connectivity index (χ1) is 8.63. The topological polar surface area (TPSA) is 39.2 Å². The number of rotatable bonds is 3. The number of carbonyl (C=O) groups excluding carboxylic acids is 1. The normalized spacial score (nSPS) is 10.2. The Bertz CT molecular complexity index is 585. The number of ether oxygens (including phenoxy) is 1. The number of pyridine rings is 1. The molecule has 18 heavy (non-hydrogen) atoms. The molecular weight excluding hydrogens is 273 g/mol. The van der Waals surface area contributed by atoms with E-state index < -0.39 is 5.24 Å². The molecule has 0 aliphatic rings. The first kappa shape index (κ1) is 12.9. The number of halogens is 2. The van der Waals surface area contributed by atoms with Crippen LogP contribution in [0, 0.1) is 0 Å². The van der Waals surface area contributed by atoms with Gasteiger partial charge in [-0.25, -0.2) is 0 Å². The number of benzene rings is 1. The molecule has 0 atom stereocenters. The van der Waals surface area contributed by atoms with Crippen molar-refractivity contribution < 1.29 is 9.53 Å². The maximum absolute atomic E-state index is 11.4. The van der Waals surface area contributed by atoms with Crippen LogP contribution < -0.4 is 4.74 Å². The van der Waals surface area contributed by atoms with Gasteiger partial charge in [-0.15, -0.1) is 0 Å². The summed E-state index contributed by atoms with van der Waals surface area (Å²) >= 11 is 11.5. The second-order valence-electron chi connectivity index (χ2n) is 3.55. The van der Waals surface area contributed by atoms with E-state index in [-0.39, 0.29) is 5.56 Å². The molecular formula is C13H9Cl2NO2. The number of nitrogens with zero attached hydrogens (tertiary/aromatic N) is 1. The Labute approximate surface area is 114 Å². The smallest absolute Gasteiger partial charge is 0.256 e. The standard InChI is InChI=1S/C13H9Cl2NO2/c1-18-12-10(8-3-2-4-16-7-8)5-9(14)6-11(12)13(15)17/h2-7H,1H3. The second-order valence-corrected chi connectivity index (χ2v) is 4.33. The number of carbonyl (C=O) groups is 1. The molecule has 0 unspecified atom stereocenters. The van der Waals surface area contributed by atoms with E-state index in [1.807, 2.05) is 6.07 Å². The quantitative estimate of drug-likeness (QED) is 0.804. The van der Waals surface area contributed by atoms with Crippen molar-refractivity contribution in [3.63, 3.8) is 0 Å². The highest BCUT2D eigenvalue weighted by molar-refractivity contribution is 6.68. The molecule has 0 amide bonds. The lowest BCUT2D eigenvalue weighted by Crippen LogP contribution is -1.98. The molecule has 5 heteroatoms. The molecule has 2 rings (SSSR count). The Kier molecular flexibility index (Phi) is 3.84. The Morgan fingerprint density at radius 1 is 1.39 bits per heavy atom. The number of methoxy groups -OCH3 is 1. The Morgan fingerprint density at radius 3 is 2.72 bits per heavy atom. The number of hydrogen-bond donors (Lipinski definition) is 0. The first-order valence-corrected chi connectivity index (χ1v) is 5.87. The molecule has 1 aromatic carbocycles. The van der Waals surface area contributed by atoms with Gasteiger partial charge in [-0.3, -0.25) is 9.78 Å². The summed E-state index contributed by atoms with van der Waals surface area (Å²) in [6.07, 6.45) is 3.32. The molecule has 1 heterocycles. The van der Waals surface area contributed by atoms with Gasteiger partial charge in [-0.05, 0) is 29.8 Å². The van der Waals surface area contributed by atoms with E-state index in [9.17, 15) is 4.79 Å². The van der Waals surface area contributed by atoms with Crippen LogP contribution in [0.4, 0.5) is 0 Å². The molecule has 0 aliphatic carbocycles. The van der Waals surface area contributed by atoms with E-state index in [1.54, 1.807) is 24.5 Å². The Balaban J connectivity index is 2.70. The van der Waals surface area contributed by atoms with Gasteiger partial charge >= 0.3 is 0 Å². The minimum Gasteiger partial charge on any atom is -0.495 e. The third-order valence-corrected chi connectivity index (χ3v) is 2.86. The molecule has 0 bridgehead atoms. The average Bonchev–Trinajstić information content (AvgIpc) is 2.38. The van der Waals surface area contributed by atoms with Gasteiger partial charge in [0.2, 0.25) is 0 Å². The fraction of sp³-hybridized carbons (Fsp3) is 0.0769. The van der Waals surface area contributed by atoms with Gasteiger partial charge in [0.15, 0.2) is 0 Å². The van der Waals surface area contributed by atoms with Crippen molar-refractivity contribution >= 4 is 28.4 Å². The van der Waals surface area contributed by atoms with Gasteiger partial charge in [-0.1, -0.05) is 17.7 Å². The van der Waals surface area contributed by atoms with E-state index in [1.165, 1.54) is 13.2 Å². The van der Waals surface area contributed by atoms with Gasteiger partial charge in [0, 0.05) is 28.5 Å². The predicted molar refractivity (Wildman–Crippen MR) is 71.4 cm³/mol. The van der Waals surface area contributed by atoms with Crippen molar-refractivity contribution in [1.82, 2.24) is 4.98 Å². The maximum Gasteiger partial charge on any atom is 0.256 e. The lowest BCUT2D eigenvalue weighted by atomic mass is 10.0. The molecule has 0 radical (unpaired) electrons. The Hall–Kier alpha value is -1.58. The van der Waals surface area contributed by atoms with Gasteiger partial charge in [0.05, 0.1) is 12.7 Å². The summed E-state index contributed by atoms with van der Waals surface area (Å²) in [5, 5.41) is -0.196. The van der Waals surface area contributed by atoms with E-state index >= 15 is 0 Å². The second kappa shape index (κ2) is 5.38. The summed E-state index contributed by atoms with van der Waals surface area (Å²) in [5.74, 6) is 0.396. The van der Waals surface area contributed by atoms with Crippen molar-refractivity contribution in [2.24, 2.45) is 0 Å². The van der Waals surface area contributed by atoms with E-state index in [4.69, 9.17) is 27.9 Å². The molecule has 0 saturated heterocycles. The van der Waals surface area contributed by atoms with Crippen molar-refractivity contribution in [2.75, 3.05) is 7.11 Å². The van der Waals surface area contributed by atoms with E-state index in [0.29, 0.717) is 16.3 Å². The van der Waals surface area contributed by atoms with Crippen molar-refractivity contribution in [3.05, 3.63) is 47.2 Å². The predicted octanol–water partition coefficient (Wildman–Crippen LogP) is 3.79. The van der Waals surface area contributed by atoms with Crippen LogP contribution in [-0.2, 0) is 0 Å². The average molecular weight is 282 g/mol. The highest BCUT2D eigenvalue weighted by Crippen LogP contribution is 2.36. The summed E-state index contributed by atoms with van der Waals surface area (Å²) in [7, 11) is 1.48. The van der Waals surface area contributed by atoms with Crippen LogP contribution in [-0.4, -0.2) is 17.3 Å². The minimum atomic E-state index is -0.612. The molecule has 0 spiro atoms. The van der Waals surface area contributed by atoms with Crippen molar-refractivity contribution in [1.29, 1.82) is 0 Å². The van der Waals surface area contributed by atoms with Crippen LogP contribution in [0.2, 0.25) is 5.02 Å². The summed E-state index contributed by atoms with van der Waals surface area (Å²) in [4.78, 5) is 15.4. The SMILES string of the molecule is COc1c(C(=O)Cl)cc(Cl)cc1-c1cccnc1. The highest BCUT2D eigenvalue weighted by atomic mass is 35.5. The summed E-state index contributed by atoms with van der Waals surface area (Å²) < 4.78 is 5.26. The lowest BCUT2D eigenvalue weighted by molar-refractivity contribution is 0.107. The van der Waals surface area contributed by atoms with Crippen LogP contribution in [0.5, 0.6) is 5.75 Å². The van der Waals surface area contributed by atoms with Crippen LogP contribution in [0.3, 0.4) is 0 Å². The fourth-order valence-corrected chi connectivity index (χ4v) is 2.05. The molecule has 2 aromatic rings. The molecule has 0 N–H and O–H groups in total. The summed E-state index contributed by atoms with van der Waals surface area (Å²) in [6.45, 7) is 0. The first-order valence-electron chi connectivity index (χ1n) is 5.11. The molecule has 0 aliphatic heterocycles. The van der Waals surface area contributed by atoms with Crippen molar-refractivity contribution in [2.45, 2.75) is 0 Å². The molecule has 1 aromatic heterocycles. The largest absolute Gasteiger partial charge is 0.495 e. The van der Waals surface area contributed by atoms with Gasteiger partial charge in [0.1, 0.15) is 5.75 Å². The number of aromatic nitrogens is 1. The van der Waals surface area contributed by atoms with Gasteiger partial charge < -0.3 is 4.74 Å². The third-order valence-electron chi connectivity index (χ3n) is 2.44. The van der Waals surface area contributed by atoms with Gasteiger partial charge in [0.25, 0.3) is 5.24 Å². The van der Waals surface area contributed by atoms with E-state index in [2.05, 4.69) is 4.98 Å². The summed E-state index contributed by atoms with van der Waals surface area (Å²) in [5.41, 5.74) is 1.73. The minimum absolute atomic E-state index is 0.241. The maximum atomic E-state index is 11.4. The monoisotopic (exact) mass is 281 g/mol. The molecule has 0 saturated carbocycles. The summed E-state index contributed by atoms with van der Waals surface area (Å²) in [6, 6.07) is 6.83. The fourth-order valence-electron chi connectivity index (χ4n) is 1.70. The van der Waals surface area contributed by atoms with Crippen molar-refractivity contribution in [3.8, 4) is 16.9 Å². The number of hydrogen-bond acceptors (Lipinski definition) is 3. The molecule has 0 fully saturated rings. The zero-order valence-electron chi connectivity index (χ0n) is 9.48. The zero-order chi connectivity index (χ0) is 13.1. The van der Waals surface area contributed by atoms with Crippen LogP contribution in [0.15, 0.2) is 36.7 Å². The zero-order valence-corrected chi connectivity index (χ0v) is 11.0. The van der Waals surface area contributed by atoms with Gasteiger partial charge in [-0.2, -0.15) is 0 Å². The van der Waals surface area contributed by atoms with Crippen LogP contribution in [0.25, 0.3) is 11.1 Å².